The minimum Gasteiger partial charge on any atom is -0.397 e. The molecule has 0 fully saturated rings. The summed E-state index contributed by atoms with van der Waals surface area (Å²) >= 11 is 7.14. The quantitative estimate of drug-likeness (QED) is 0.514. The number of hydrogen-bond acceptors (Lipinski definition) is 5. The highest BCUT2D eigenvalue weighted by atomic mass is 35.5. The predicted molar refractivity (Wildman–Crippen MR) is 77.3 cm³/mol. The van der Waals surface area contributed by atoms with Gasteiger partial charge in [-0.25, -0.2) is 9.97 Å². The first-order chi connectivity index (χ1) is 9.15. The molecule has 0 atom stereocenters. The number of carbonyl (C=O) groups is 1. The molecular weight excluding hydrogens is 284 g/mol. The molecule has 2 rings (SSSR count). The number of carbonyl (C=O) groups excluding carboxylic acids is 1. The number of nitrogens with zero attached hydrogens (tertiary/aromatic N) is 2. The van der Waals surface area contributed by atoms with Crippen LogP contribution in [0.3, 0.4) is 0 Å². The molecule has 0 aliphatic rings. The Kier molecular flexibility index (Phi) is 4.59. The van der Waals surface area contributed by atoms with E-state index in [1.807, 2.05) is 0 Å². The van der Waals surface area contributed by atoms with Crippen molar-refractivity contribution in [2.75, 3.05) is 16.8 Å². The van der Waals surface area contributed by atoms with E-state index in [-0.39, 0.29) is 11.7 Å². The molecule has 0 aliphatic carbocycles. The van der Waals surface area contributed by atoms with Gasteiger partial charge in [-0.05, 0) is 24.3 Å². The van der Waals surface area contributed by atoms with Gasteiger partial charge in [-0.1, -0.05) is 23.4 Å². The molecule has 0 unspecified atom stereocenters. The van der Waals surface area contributed by atoms with E-state index >= 15 is 0 Å². The Morgan fingerprint density at radius 2 is 2.26 bits per heavy atom. The monoisotopic (exact) mass is 294 g/mol. The molecule has 1 amide bonds. The second-order valence-electron chi connectivity index (χ2n) is 3.62. The maximum Gasteiger partial charge on any atom is 0.234 e. The summed E-state index contributed by atoms with van der Waals surface area (Å²) in [5, 5.41) is 3.96. The number of thioether (sulfide) groups is 1. The molecule has 7 heteroatoms. The number of aromatic nitrogens is 2. The number of hydrogen-bond donors (Lipinski definition) is 2. The van der Waals surface area contributed by atoms with Gasteiger partial charge in [-0.3, -0.25) is 4.79 Å². The molecule has 98 valence electrons. The van der Waals surface area contributed by atoms with Gasteiger partial charge in [-0.15, -0.1) is 0 Å². The van der Waals surface area contributed by atoms with E-state index in [0.29, 0.717) is 16.4 Å². The Labute approximate surface area is 119 Å². The zero-order valence-electron chi connectivity index (χ0n) is 9.84. The summed E-state index contributed by atoms with van der Waals surface area (Å²) in [5.74, 6) is 0.129. The molecule has 0 aliphatic heterocycles. The first kappa shape index (κ1) is 13.6. The molecule has 19 heavy (non-hydrogen) atoms. The number of amides is 1. The van der Waals surface area contributed by atoms with Gasteiger partial charge in [0, 0.05) is 11.9 Å². The van der Waals surface area contributed by atoms with E-state index < -0.39 is 0 Å². The van der Waals surface area contributed by atoms with Crippen LogP contribution in [0.15, 0.2) is 41.8 Å². The van der Waals surface area contributed by atoms with Crippen molar-refractivity contribution >= 4 is 40.6 Å². The highest BCUT2D eigenvalue weighted by molar-refractivity contribution is 7.99. The minimum absolute atomic E-state index is 0.134. The lowest BCUT2D eigenvalue weighted by atomic mass is 10.3. The average Bonchev–Trinajstić information content (AvgIpc) is 2.42. The normalized spacial score (nSPS) is 10.2. The van der Waals surface area contributed by atoms with Crippen molar-refractivity contribution in [2.24, 2.45) is 0 Å². The molecule has 1 aromatic heterocycles. The zero-order chi connectivity index (χ0) is 13.7. The number of nitrogens with one attached hydrogen (secondary N) is 1. The molecule has 0 radical (unpaired) electrons. The molecule has 5 nitrogen and oxygen atoms in total. The first-order valence-electron chi connectivity index (χ1n) is 5.39. The Morgan fingerprint density at radius 1 is 1.42 bits per heavy atom. The Hall–Kier alpha value is -1.79. The van der Waals surface area contributed by atoms with Crippen LogP contribution in [-0.4, -0.2) is 21.6 Å². The van der Waals surface area contributed by atoms with Crippen molar-refractivity contribution in [3.05, 3.63) is 41.8 Å². The summed E-state index contributed by atoms with van der Waals surface area (Å²) in [6, 6.07) is 6.71. The number of benzene rings is 1. The number of halogens is 1. The van der Waals surface area contributed by atoms with Crippen LogP contribution in [0, 0.1) is 0 Å². The van der Waals surface area contributed by atoms with Crippen LogP contribution in [0.1, 0.15) is 0 Å². The molecule has 1 aromatic carbocycles. The first-order valence-corrected chi connectivity index (χ1v) is 6.75. The molecular formula is C12H11ClN4OS. The standard InChI is InChI=1S/C12H11ClN4OS/c13-9-2-1-8(5-10(9)14)17-11(18)6-19-12-3-4-15-7-16-12/h1-5,7H,6,14H2,(H,17,18). The average molecular weight is 295 g/mol. The van der Waals surface area contributed by atoms with E-state index in [2.05, 4.69) is 15.3 Å². The van der Waals surface area contributed by atoms with Gasteiger partial charge < -0.3 is 11.1 Å². The molecule has 1 heterocycles. The van der Waals surface area contributed by atoms with Gasteiger partial charge >= 0.3 is 0 Å². The summed E-state index contributed by atoms with van der Waals surface area (Å²) < 4.78 is 0. The van der Waals surface area contributed by atoms with Crippen LogP contribution >= 0.6 is 23.4 Å². The lowest BCUT2D eigenvalue weighted by Crippen LogP contribution is -2.14. The fourth-order valence-electron chi connectivity index (χ4n) is 1.32. The van der Waals surface area contributed by atoms with Crippen LogP contribution in [0.5, 0.6) is 0 Å². The predicted octanol–water partition coefficient (Wildman–Crippen LogP) is 2.44. The molecule has 3 N–H and O–H groups in total. The Bertz CT molecular complexity index is 579. The second-order valence-corrected chi connectivity index (χ2v) is 5.02. The highest BCUT2D eigenvalue weighted by Gasteiger charge is 2.05. The molecule has 0 saturated carbocycles. The van der Waals surface area contributed by atoms with E-state index in [0.717, 1.165) is 5.03 Å². The number of anilines is 2. The summed E-state index contributed by atoms with van der Waals surface area (Å²) in [7, 11) is 0. The summed E-state index contributed by atoms with van der Waals surface area (Å²) in [5.41, 5.74) is 6.71. The summed E-state index contributed by atoms with van der Waals surface area (Å²) in [6.07, 6.45) is 3.08. The Balaban J connectivity index is 1.89. The van der Waals surface area contributed by atoms with Crippen molar-refractivity contribution in [2.45, 2.75) is 5.03 Å². The third-order valence-corrected chi connectivity index (χ3v) is 3.47. The van der Waals surface area contributed by atoms with E-state index in [9.17, 15) is 4.79 Å². The van der Waals surface area contributed by atoms with Crippen molar-refractivity contribution in [3.63, 3.8) is 0 Å². The van der Waals surface area contributed by atoms with Crippen LogP contribution in [0.2, 0.25) is 5.02 Å². The minimum atomic E-state index is -0.134. The summed E-state index contributed by atoms with van der Waals surface area (Å²) in [4.78, 5) is 19.6. The van der Waals surface area contributed by atoms with Crippen molar-refractivity contribution in [3.8, 4) is 0 Å². The fourth-order valence-corrected chi connectivity index (χ4v) is 2.07. The number of rotatable bonds is 4. The molecule has 2 aromatic rings. The van der Waals surface area contributed by atoms with E-state index in [1.54, 1.807) is 30.5 Å². The summed E-state index contributed by atoms with van der Waals surface area (Å²) in [6.45, 7) is 0. The topological polar surface area (TPSA) is 80.9 Å². The van der Waals surface area contributed by atoms with Gasteiger partial charge in [0.05, 0.1) is 21.5 Å². The van der Waals surface area contributed by atoms with Gasteiger partial charge in [0.1, 0.15) is 6.33 Å². The third kappa shape index (κ3) is 4.11. The molecule has 0 bridgehead atoms. The highest BCUT2D eigenvalue weighted by Crippen LogP contribution is 2.22. The van der Waals surface area contributed by atoms with Gasteiger partial charge in [0.2, 0.25) is 5.91 Å². The fraction of sp³-hybridized carbons (Fsp3) is 0.0833. The smallest absolute Gasteiger partial charge is 0.234 e. The Morgan fingerprint density at radius 3 is 2.95 bits per heavy atom. The van der Waals surface area contributed by atoms with Gasteiger partial charge in [0.15, 0.2) is 0 Å². The lowest BCUT2D eigenvalue weighted by molar-refractivity contribution is -0.113. The maximum atomic E-state index is 11.7. The van der Waals surface area contributed by atoms with E-state index in [4.69, 9.17) is 17.3 Å². The largest absolute Gasteiger partial charge is 0.397 e. The van der Waals surface area contributed by atoms with E-state index in [1.165, 1.54) is 18.1 Å². The van der Waals surface area contributed by atoms with Crippen molar-refractivity contribution < 1.29 is 4.79 Å². The van der Waals surface area contributed by atoms with Crippen LogP contribution in [0.25, 0.3) is 0 Å². The SMILES string of the molecule is Nc1cc(NC(=O)CSc2ccncn2)ccc1Cl. The van der Waals surface area contributed by atoms with Gasteiger partial charge in [-0.2, -0.15) is 0 Å². The van der Waals surface area contributed by atoms with Gasteiger partial charge in [0.25, 0.3) is 0 Å². The second kappa shape index (κ2) is 6.40. The van der Waals surface area contributed by atoms with Crippen LogP contribution < -0.4 is 11.1 Å². The molecule has 0 spiro atoms. The zero-order valence-corrected chi connectivity index (χ0v) is 11.4. The third-order valence-electron chi connectivity index (χ3n) is 2.19. The van der Waals surface area contributed by atoms with Crippen molar-refractivity contribution in [1.82, 2.24) is 9.97 Å². The van der Waals surface area contributed by atoms with Crippen LogP contribution in [-0.2, 0) is 4.79 Å². The molecule has 0 saturated heterocycles. The van der Waals surface area contributed by atoms with Crippen molar-refractivity contribution in [1.29, 1.82) is 0 Å². The van der Waals surface area contributed by atoms with Crippen LogP contribution in [0.4, 0.5) is 11.4 Å². The maximum absolute atomic E-state index is 11.7. The lowest BCUT2D eigenvalue weighted by Gasteiger charge is -2.06. The number of nitrogen functional groups attached to an aromatic ring is 1. The number of nitrogens with two attached hydrogens (primary N) is 1.